The number of hydrogen-bond donors (Lipinski definition) is 1. The lowest BCUT2D eigenvalue weighted by atomic mass is 10.1. The number of rotatable bonds is 5. The summed E-state index contributed by atoms with van der Waals surface area (Å²) in [6.45, 7) is 4.13. The molecule has 0 unspecified atom stereocenters. The molecular weight excluding hydrogens is 254 g/mol. The molecule has 2 aromatic rings. The van der Waals surface area contributed by atoms with Crippen LogP contribution in [0.1, 0.15) is 24.2 Å². The highest BCUT2D eigenvalue weighted by molar-refractivity contribution is 5.74. The third-order valence-corrected chi connectivity index (χ3v) is 3.25. The normalized spacial score (nSPS) is 12.1. The molecule has 0 saturated carbocycles. The van der Waals surface area contributed by atoms with Crippen molar-refractivity contribution in [2.75, 3.05) is 6.61 Å². The molecule has 0 aliphatic rings. The first-order valence-corrected chi connectivity index (χ1v) is 6.69. The molecular formula is C16H19NO3. The Morgan fingerprint density at radius 1 is 1.30 bits per heavy atom. The fourth-order valence-corrected chi connectivity index (χ4v) is 2.22. The van der Waals surface area contributed by atoms with E-state index in [0.29, 0.717) is 13.0 Å². The van der Waals surface area contributed by atoms with E-state index in [4.69, 9.17) is 4.74 Å². The highest BCUT2D eigenvalue weighted by Crippen LogP contribution is 2.20. The summed E-state index contributed by atoms with van der Waals surface area (Å²) in [6, 6.07) is 10.4. The third-order valence-electron chi connectivity index (χ3n) is 3.25. The van der Waals surface area contributed by atoms with Crippen LogP contribution in [0, 0.1) is 6.92 Å². The van der Waals surface area contributed by atoms with Gasteiger partial charge in [0.2, 0.25) is 0 Å². The van der Waals surface area contributed by atoms with Crippen molar-refractivity contribution in [3.8, 4) is 5.75 Å². The number of aryl methyl sites for hydroxylation is 1. The summed E-state index contributed by atoms with van der Waals surface area (Å²) in [7, 11) is 0. The summed E-state index contributed by atoms with van der Waals surface area (Å²) >= 11 is 0. The predicted molar refractivity (Wildman–Crippen MR) is 76.6 cm³/mol. The van der Waals surface area contributed by atoms with Crippen molar-refractivity contribution in [1.82, 2.24) is 4.57 Å². The van der Waals surface area contributed by atoms with Gasteiger partial charge in [0.25, 0.3) is 0 Å². The lowest BCUT2D eigenvalue weighted by molar-refractivity contribution is -0.147. The van der Waals surface area contributed by atoms with Gasteiger partial charge in [0.05, 0.1) is 6.61 Å². The average Bonchev–Trinajstić information content (AvgIpc) is 2.84. The van der Waals surface area contributed by atoms with Gasteiger partial charge in [0, 0.05) is 18.3 Å². The Morgan fingerprint density at radius 2 is 2.00 bits per heavy atom. The second-order valence-corrected chi connectivity index (χ2v) is 4.70. The quantitative estimate of drug-likeness (QED) is 0.852. The molecule has 0 saturated heterocycles. The number of esters is 1. The maximum atomic E-state index is 12.2. The monoisotopic (exact) mass is 273 g/mol. The molecule has 1 atom stereocenters. The van der Waals surface area contributed by atoms with Gasteiger partial charge in [-0.15, -0.1) is 0 Å². The van der Waals surface area contributed by atoms with Crippen molar-refractivity contribution < 1.29 is 14.6 Å². The minimum atomic E-state index is -0.380. The zero-order valence-corrected chi connectivity index (χ0v) is 11.7. The van der Waals surface area contributed by atoms with Gasteiger partial charge in [0.1, 0.15) is 11.8 Å². The van der Waals surface area contributed by atoms with E-state index < -0.39 is 0 Å². The van der Waals surface area contributed by atoms with Crippen LogP contribution in [0.25, 0.3) is 0 Å². The van der Waals surface area contributed by atoms with Gasteiger partial charge in [-0.25, -0.2) is 4.79 Å². The zero-order valence-electron chi connectivity index (χ0n) is 11.7. The summed E-state index contributed by atoms with van der Waals surface area (Å²) in [5, 5.41) is 9.32. The van der Waals surface area contributed by atoms with Crippen molar-refractivity contribution in [3.05, 3.63) is 53.9 Å². The van der Waals surface area contributed by atoms with E-state index in [-0.39, 0.29) is 17.8 Å². The molecule has 4 nitrogen and oxygen atoms in total. The Labute approximate surface area is 118 Å². The molecule has 1 heterocycles. The fraction of sp³-hybridized carbons (Fsp3) is 0.312. The number of nitrogens with zero attached hydrogens (tertiary/aromatic N) is 1. The lowest BCUT2D eigenvalue weighted by Gasteiger charge is -2.19. The van der Waals surface area contributed by atoms with E-state index in [1.165, 1.54) is 0 Å². The van der Waals surface area contributed by atoms with Crippen LogP contribution in [0.5, 0.6) is 5.75 Å². The van der Waals surface area contributed by atoms with E-state index in [9.17, 15) is 9.90 Å². The van der Waals surface area contributed by atoms with Crippen molar-refractivity contribution in [2.24, 2.45) is 0 Å². The molecule has 20 heavy (non-hydrogen) atoms. The number of benzene rings is 1. The Balaban J connectivity index is 2.25. The van der Waals surface area contributed by atoms with Crippen LogP contribution in [0.2, 0.25) is 0 Å². The highest BCUT2D eigenvalue weighted by Gasteiger charge is 2.22. The molecule has 0 radical (unpaired) electrons. The lowest BCUT2D eigenvalue weighted by Crippen LogP contribution is -2.24. The van der Waals surface area contributed by atoms with Crippen LogP contribution < -0.4 is 0 Å². The van der Waals surface area contributed by atoms with E-state index >= 15 is 0 Å². The molecule has 2 rings (SSSR count). The molecule has 1 aromatic carbocycles. The molecule has 0 fully saturated rings. The van der Waals surface area contributed by atoms with Crippen molar-refractivity contribution in [3.63, 3.8) is 0 Å². The summed E-state index contributed by atoms with van der Waals surface area (Å²) in [5.41, 5.74) is 2.00. The van der Waals surface area contributed by atoms with Crippen molar-refractivity contribution >= 4 is 5.97 Å². The maximum Gasteiger partial charge on any atom is 0.329 e. The number of phenolic OH excluding ortho intramolecular Hbond substituents is 1. The first-order chi connectivity index (χ1) is 9.61. The molecule has 0 spiro atoms. The molecule has 0 aliphatic heterocycles. The van der Waals surface area contributed by atoms with Gasteiger partial charge >= 0.3 is 5.97 Å². The number of aromatic hydroxyl groups is 1. The molecule has 0 amide bonds. The second kappa shape index (κ2) is 6.28. The summed E-state index contributed by atoms with van der Waals surface area (Å²) in [4.78, 5) is 12.2. The number of hydrogen-bond acceptors (Lipinski definition) is 3. The first-order valence-electron chi connectivity index (χ1n) is 6.69. The van der Waals surface area contributed by atoms with E-state index in [1.807, 2.05) is 42.0 Å². The Kier molecular flexibility index (Phi) is 4.45. The van der Waals surface area contributed by atoms with Gasteiger partial charge in [-0.05, 0) is 43.7 Å². The smallest absolute Gasteiger partial charge is 0.329 e. The van der Waals surface area contributed by atoms with E-state index in [1.54, 1.807) is 19.1 Å². The Bertz CT molecular complexity index is 572. The van der Waals surface area contributed by atoms with Gasteiger partial charge < -0.3 is 14.4 Å². The predicted octanol–water partition coefficient (Wildman–Crippen LogP) is 2.85. The van der Waals surface area contributed by atoms with Crippen LogP contribution in [-0.4, -0.2) is 22.2 Å². The van der Waals surface area contributed by atoms with Gasteiger partial charge in [0.15, 0.2) is 0 Å². The number of phenols is 1. The first kappa shape index (κ1) is 14.2. The third kappa shape index (κ3) is 3.20. The molecule has 0 aliphatic carbocycles. The van der Waals surface area contributed by atoms with E-state index in [2.05, 4.69) is 0 Å². The van der Waals surface area contributed by atoms with Crippen LogP contribution in [0.15, 0.2) is 42.6 Å². The zero-order chi connectivity index (χ0) is 14.5. The van der Waals surface area contributed by atoms with Crippen molar-refractivity contribution in [1.29, 1.82) is 0 Å². The Hall–Kier alpha value is -2.23. The minimum absolute atomic E-state index is 0.221. The second-order valence-electron chi connectivity index (χ2n) is 4.70. The SMILES string of the molecule is CCOC(=O)[C@@H](Cc1ccc(O)cc1)n1cccc1C. The fourth-order valence-electron chi connectivity index (χ4n) is 2.22. The Morgan fingerprint density at radius 3 is 2.55 bits per heavy atom. The van der Waals surface area contributed by atoms with Crippen LogP contribution >= 0.6 is 0 Å². The summed E-state index contributed by atoms with van der Waals surface area (Å²) < 4.78 is 7.09. The largest absolute Gasteiger partial charge is 0.508 e. The standard InChI is InChI=1S/C16H19NO3/c1-3-20-16(19)15(17-10-4-5-12(17)2)11-13-6-8-14(18)9-7-13/h4-10,15,18H,3,11H2,1-2H3/t15-/m1/s1. The van der Waals surface area contributed by atoms with Crippen LogP contribution in [0.3, 0.4) is 0 Å². The number of ether oxygens (including phenoxy) is 1. The van der Waals surface area contributed by atoms with Crippen molar-refractivity contribution in [2.45, 2.75) is 26.3 Å². The molecule has 106 valence electrons. The number of carbonyl (C=O) groups excluding carboxylic acids is 1. The van der Waals surface area contributed by atoms with Gasteiger partial charge in [-0.1, -0.05) is 12.1 Å². The summed E-state index contributed by atoms with van der Waals surface area (Å²) in [5.74, 6) is -0.0153. The molecule has 0 bridgehead atoms. The van der Waals surface area contributed by atoms with Gasteiger partial charge in [-0.3, -0.25) is 0 Å². The minimum Gasteiger partial charge on any atom is -0.508 e. The average molecular weight is 273 g/mol. The molecule has 4 heteroatoms. The number of aromatic nitrogens is 1. The van der Waals surface area contributed by atoms with Gasteiger partial charge in [-0.2, -0.15) is 0 Å². The van der Waals surface area contributed by atoms with Crippen LogP contribution in [0.4, 0.5) is 0 Å². The summed E-state index contributed by atoms with van der Waals surface area (Å²) in [6.07, 6.45) is 2.42. The van der Waals surface area contributed by atoms with E-state index in [0.717, 1.165) is 11.3 Å². The highest BCUT2D eigenvalue weighted by atomic mass is 16.5. The number of carbonyl (C=O) groups is 1. The maximum absolute atomic E-state index is 12.2. The molecule has 1 aromatic heterocycles. The van der Waals surface area contributed by atoms with Crippen LogP contribution in [-0.2, 0) is 16.0 Å². The molecule has 1 N–H and O–H groups in total. The topological polar surface area (TPSA) is 51.5 Å².